The van der Waals surface area contributed by atoms with Crippen molar-refractivity contribution in [2.45, 2.75) is 10.7 Å². The van der Waals surface area contributed by atoms with Gasteiger partial charge >= 0.3 is 0 Å². The minimum Gasteiger partial charge on any atom is -0.375 e. The number of nitrogens with one attached hydrogen (secondary N) is 1. The molecule has 16 heavy (non-hydrogen) atoms. The summed E-state index contributed by atoms with van der Waals surface area (Å²) in [6.45, 7) is -0.103. The van der Waals surface area contributed by atoms with Crippen LogP contribution in [-0.2, 0) is 9.53 Å². The van der Waals surface area contributed by atoms with E-state index in [0.29, 0.717) is 22.3 Å². The fraction of sp³-hybridized carbons (Fsp3) is 0.300. The molecule has 0 saturated heterocycles. The number of hydrogen-bond acceptors (Lipinski definition) is 3. The molecule has 1 aromatic rings. The normalized spacial score (nSPS) is 10.5. The van der Waals surface area contributed by atoms with Gasteiger partial charge in [-0.25, -0.2) is 0 Å². The molecule has 0 radical (unpaired) electrons. The van der Waals surface area contributed by atoms with Gasteiger partial charge in [0.25, 0.3) is 5.76 Å². The van der Waals surface area contributed by atoms with Crippen LogP contribution in [0.2, 0.25) is 0 Å². The summed E-state index contributed by atoms with van der Waals surface area (Å²) in [6, 6.07) is 6.39. The van der Waals surface area contributed by atoms with Gasteiger partial charge in [0, 0.05) is 12.0 Å². The van der Waals surface area contributed by atoms with Gasteiger partial charge < -0.3 is 10.1 Å². The fourth-order valence-electron chi connectivity index (χ4n) is 1.09. The number of thioether (sulfide) groups is 1. The monoisotopic (exact) mass is 247 g/mol. The van der Waals surface area contributed by atoms with Gasteiger partial charge in [-0.15, -0.1) is 0 Å². The molecule has 0 fully saturated rings. The van der Waals surface area contributed by atoms with Gasteiger partial charge in [0.05, 0.1) is 5.69 Å². The molecule has 0 aliphatic rings. The number of anilines is 1. The molecule has 0 heterocycles. The van der Waals surface area contributed by atoms with Crippen LogP contribution in [0.1, 0.15) is 0 Å². The molecule has 1 N–H and O–H groups in total. The minimum absolute atomic E-state index is 0.103. The standard InChI is InChI=1S/C10H11F2NO2S/c1-15-6-9(14)13-7-4-2-3-5-8(7)16-10(11)12/h2-5,10H,6H2,1H3,(H,13,14). The van der Waals surface area contributed by atoms with E-state index in [0.717, 1.165) is 0 Å². The Kier molecular flexibility index (Phi) is 5.21. The second-order valence-electron chi connectivity index (χ2n) is 2.86. The van der Waals surface area contributed by atoms with Crippen molar-refractivity contribution in [3.05, 3.63) is 24.3 Å². The van der Waals surface area contributed by atoms with Gasteiger partial charge in [-0.2, -0.15) is 8.78 Å². The van der Waals surface area contributed by atoms with E-state index in [2.05, 4.69) is 10.1 Å². The summed E-state index contributed by atoms with van der Waals surface area (Å²) < 4.78 is 29.1. The van der Waals surface area contributed by atoms with E-state index in [-0.39, 0.29) is 12.5 Å². The highest BCUT2D eigenvalue weighted by atomic mass is 32.2. The van der Waals surface area contributed by atoms with E-state index >= 15 is 0 Å². The molecule has 3 nitrogen and oxygen atoms in total. The molecular weight excluding hydrogens is 236 g/mol. The number of rotatable bonds is 5. The largest absolute Gasteiger partial charge is 0.375 e. The second-order valence-corrected chi connectivity index (χ2v) is 3.89. The predicted octanol–water partition coefficient (Wildman–Crippen LogP) is 2.59. The van der Waals surface area contributed by atoms with Crippen LogP contribution in [0, 0.1) is 0 Å². The number of para-hydroxylation sites is 1. The zero-order chi connectivity index (χ0) is 12.0. The molecule has 0 bridgehead atoms. The highest BCUT2D eigenvalue weighted by molar-refractivity contribution is 7.99. The maximum Gasteiger partial charge on any atom is 0.288 e. The third-order valence-electron chi connectivity index (χ3n) is 1.65. The van der Waals surface area contributed by atoms with Crippen molar-refractivity contribution in [3.8, 4) is 0 Å². The summed E-state index contributed by atoms with van der Waals surface area (Å²) in [7, 11) is 1.39. The fourth-order valence-corrected chi connectivity index (χ4v) is 1.68. The third-order valence-corrected chi connectivity index (χ3v) is 2.44. The van der Waals surface area contributed by atoms with Crippen LogP contribution in [0.15, 0.2) is 29.2 Å². The molecule has 0 aromatic heterocycles. The Balaban J connectivity index is 2.74. The number of methoxy groups -OCH3 is 1. The Morgan fingerprint density at radius 3 is 2.81 bits per heavy atom. The summed E-state index contributed by atoms with van der Waals surface area (Å²) in [6.07, 6.45) is 0. The van der Waals surface area contributed by atoms with Crippen molar-refractivity contribution < 1.29 is 18.3 Å². The summed E-state index contributed by atoms with van der Waals surface area (Å²) in [5, 5.41) is 2.50. The lowest BCUT2D eigenvalue weighted by Gasteiger charge is -2.09. The molecule has 0 aliphatic carbocycles. The van der Waals surface area contributed by atoms with Gasteiger partial charge in [0.1, 0.15) is 6.61 Å². The first kappa shape index (κ1) is 12.9. The van der Waals surface area contributed by atoms with Gasteiger partial charge in [-0.1, -0.05) is 23.9 Å². The van der Waals surface area contributed by atoms with Gasteiger partial charge in [-0.05, 0) is 12.1 Å². The van der Waals surface area contributed by atoms with Crippen LogP contribution >= 0.6 is 11.8 Å². The lowest BCUT2D eigenvalue weighted by Crippen LogP contribution is -2.17. The number of halogens is 2. The van der Waals surface area contributed by atoms with Crippen LogP contribution in [-0.4, -0.2) is 25.4 Å². The smallest absolute Gasteiger partial charge is 0.288 e. The number of hydrogen-bond donors (Lipinski definition) is 1. The van der Waals surface area contributed by atoms with Crippen LogP contribution in [0.4, 0.5) is 14.5 Å². The molecule has 88 valence electrons. The van der Waals surface area contributed by atoms with Crippen LogP contribution in [0.25, 0.3) is 0 Å². The first-order chi connectivity index (χ1) is 7.63. The van der Waals surface area contributed by atoms with Crippen LogP contribution < -0.4 is 5.32 Å². The Hall–Kier alpha value is -1.14. The van der Waals surface area contributed by atoms with E-state index < -0.39 is 5.76 Å². The summed E-state index contributed by atoms with van der Waals surface area (Å²) in [4.78, 5) is 11.6. The van der Waals surface area contributed by atoms with Gasteiger partial charge in [0.15, 0.2) is 0 Å². The second kappa shape index (κ2) is 6.44. The Bertz CT molecular complexity index is 360. The van der Waals surface area contributed by atoms with E-state index in [4.69, 9.17) is 0 Å². The number of benzene rings is 1. The third kappa shape index (κ3) is 4.16. The summed E-state index contributed by atoms with van der Waals surface area (Å²) >= 11 is 0.396. The van der Waals surface area contributed by atoms with Crippen LogP contribution in [0.5, 0.6) is 0 Å². The Morgan fingerprint density at radius 2 is 2.19 bits per heavy atom. The first-order valence-electron chi connectivity index (χ1n) is 4.46. The summed E-state index contributed by atoms with van der Waals surface area (Å²) in [5.74, 6) is -2.88. The number of carbonyl (C=O) groups excluding carboxylic acids is 1. The van der Waals surface area contributed by atoms with Crippen molar-refractivity contribution >= 4 is 23.4 Å². The van der Waals surface area contributed by atoms with Gasteiger partial charge in [0.2, 0.25) is 5.91 Å². The van der Waals surface area contributed by atoms with E-state index in [1.54, 1.807) is 18.2 Å². The first-order valence-corrected chi connectivity index (χ1v) is 5.34. The molecular formula is C10H11F2NO2S. The lowest BCUT2D eigenvalue weighted by atomic mass is 10.3. The highest BCUT2D eigenvalue weighted by Gasteiger charge is 2.11. The predicted molar refractivity (Wildman–Crippen MR) is 58.8 cm³/mol. The van der Waals surface area contributed by atoms with E-state index in [1.807, 2.05) is 0 Å². The molecule has 0 saturated carbocycles. The van der Waals surface area contributed by atoms with Gasteiger partial charge in [-0.3, -0.25) is 4.79 Å². The number of alkyl halides is 2. The van der Waals surface area contributed by atoms with Crippen molar-refractivity contribution in [2.24, 2.45) is 0 Å². The van der Waals surface area contributed by atoms with Crippen molar-refractivity contribution in [1.82, 2.24) is 0 Å². The zero-order valence-electron chi connectivity index (χ0n) is 8.57. The van der Waals surface area contributed by atoms with Crippen molar-refractivity contribution in [3.63, 3.8) is 0 Å². The summed E-state index contributed by atoms with van der Waals surface area (Å²) in [5.41, 5.74) is 0.370. The molecule has 1 aromatic carbocycles. The van der Waals surface area contributed by atoms with E-state index in [1.165, 1.54) is 13.2 Å². The number of ether oxygens (including phenoxy) is 1. The Morgan fingerprint density at radius 1 is 1.50 bits per heavy atom. The molecule has 0 aliphatic heterocycles. The topological polar surface area (TPSA) is 38.3 Å². The molecule has 6 heteroatoms. The maximum atomic E-state index is 12.2. The molecule has 1 amide bonds. The molecule has 0 spiro atoms. The number of amides is 1. The Labute approximate surface area is 96.2 Å². The van der Waals surface area contributed by atoms with E-state index in [9.17, 15) is 13.6 Å². The minimum atomic E-state index is -2.51. The van der Waals surface area contributed by atoms with Crippen LogP contribution in [0.3, 0.4) is 0 Å². The average molecular weight is 247 g/mol. The maximum absolute atomic E-state index is 12.2. The number of carbonyl (C=O) groups is 1. The SMILES string of the molecule is COCC(=O)Nc1ccccc1SC(F)F. The zero-order valence-corrected chi connectivity index (χ0v) is 9.39. The van der Waals surface area contributed by atoms with Crippen molar-refractivity contribution in [2.75, 3.05) is 19.0 Å². The molecule has 0 unspecified atom stereocenters. The molecule has 1 rings (SSSR count). The van der Waals surface area contributed by atoms with Crippen molar-refractivity contribution in [1.29, 1.82) is 0 Å². The molecule has 0 atom stereocenters. The highest BCUT2D eigenvalue weighted by Crippen LogP contribution is 2.31. The average Bonchev–Trinajstić information content (AvgIpc) is 2.20. The quantitative estimate of drug-likeness (QED) is 0.813. The lowest BCUT2D eigenvalue weighted by molar-refractivity contribution is -0.119.